The van der Waals surface area contributed by atoms with Crippen molar-refractivity contribution in [2.24, 2.45) is 59.2 Å². The predicted octanol–water partition coefficient (Wildman–Crippen LogP) is 16.5. The van der Waals surface area contributed by atoms with Crippen LogP contribution in [0.3, 0.4) is 0 Å². The monoisotopic (exact) mass is 1610 g/mol. The van der Waals surface area contributed by atoms with Gasteiger partial charge in [-0.1, -0.05) is 30.4 Å². The van der Waals surface area contributed by atoms with Crippen LogP contribution in [0.5, 0.6) is 28.7 Å². The van der Waals surface area contributed by atoms with E-state index >= 15 is 0 Å². The number of Topliss-reactive ketones (excluding diaryl/α,β-unsaturated/α-hetero) is 4. The minimum Gasteiger partial charge on any atom is -0.497 e. The first-order valence-electron chi connectivity index (χ1n) is 42.9. The van der Waals surface area contributed by atoms with Crippen molar-refractivity contribution in [1.82, 2.24) is 49.4 Å². The summed E-state index contributed by atoms with van der Waals surface area (Å²) >= 11 is 0. The highest BCUT2D eigenvalue weighted by atomic mass is 16.5. The fourth-order valence-corrected chi connectivity index (χ4v) is 21.5. The summed E-state index contributed by atoms with van der Waals surface area (Å²) < 4.78 is 26.6. The Balaban J connectivity index is 0.000000112. The summed E-state index contributed by atoms with van der Waals surface area (Å²) in [5.41, 5.74) is 8.21. The number of hydrogen-bond donors (Lipinski definition) is 1. The van der Waals surface area contributed by atoms with Gasteiger partial charge in [0, 0.05) is 119 Å². The zero-order chi connectivity index (χ0) is 83.4. The number of nitrogens with zero attached hydrogens (tertiary/aromatic N) is 10. The number of benzene rings is 5. The molecule has 0 aliphatic carbocycles. The van der Waals surface area contributed by atoms with E-state index in [2.05, 4.69) is 113 Å². The first kappa shape index (κ1) is 83.0. The first-order chi connectivity index (χ1) is 58.5. The topological polar surface area (TPSA) is 215 Å². The smallest absolute Gasteiger partial charge is 0.180 e. The molecule has 10 bridgehead atoms. The van der Waals surface area contributed by atoms with Gasteiger partial charge in [-0.15, -0.1) is 32.9 Å². The van der Waals surface area contributed by atoms with Crippen LogP contribution in [0.15, 0.2) is 216 Å². The highest BCUT2D eigenvalue weighted by Crippen LogP contribution is 2.46. The Hall–Kier alpha value is -10.7. The lowest BCUT2D eigenvalue weighted by atomic mass is 9.73. The molecule has 0 radical (unpaired) electrons. The van der Waals surface area contributed by atoms with Gasteiger partial charge in [-0.2, -0.15) is 0 Å². The fraction of sp³-hybridized carbons (Fsp3) is 0.410. The van der Waals surface area contributed by atoms with Gasteiger partial charge in [0.2, 0.25) is 0 Å². The van der Waals surface area contributed by atoms with E-state index in [9.17, 15) is 24.3 Å². The number of carbonyl (C=O) groups excluding carboxylic acids is 4. The molecule has 5 aromatic heterocycles. The highest BCUT2D eigenvalue weighted by Gasteiger charge is 2.48. The molecular weight excluding hydrogens is 1500 g/mol. The number of hydrogen-bond acceptors (Lipinski definition) is 20. The summed E-state index contributed by atoms with van der Waals surface area (Å²) in [6, 6.07) is 38.1. The van der Waals surface area contributed by atoms with Gasteiger partial charge in [0.05, 0.1) is 93.4 Å². The second kappa shape index (κ2) is 36.7. The largest absolute Gasteiger partial charge is 0.497 e. The van der Waals surface area contributed by atoms with Gasteiger partial charge >= 0.3 is 0 Å². The number of carbonyl (C=O) groups is 4. The van der Waals surface area contributed by atoms with Crippen LogP contribution in [0.2, 0.25) is 0 Å². The lowest BCUT2D eigenvalue weighted by molar-refractivity contribution is -0.0444. The molecular formula is C100H112N10O10. The van der Waals surface area contributed by atoms with Crippen molar-refractivity contribution < 1.29 is 48.0 Å². The Morgan fingerprint density at radius 2 is 0.567 bits per heavy atom. The van der Waals surface area contributed by atoms with Crippen molar-refractivity contribution in [3.63, 3.8) is 0 Å². The van der Waals surface area contributed by atoms with Gasteiger partial charge in [0.15, 0.2) is 23.1 Å². The SMILES string of the molecule is C=CC1CN2CCC1CC2C(=O)c1ccnc2ccc(OC)cc12.C=CC1CN2CCC1CC2C(=O)c1ccnc2ccc(OC)cc12.C=CC1CN2CCC1CC2C(=O)c1ccnc2ccc(OC)cc12.C=CC1CN2CCC1CC2C(=O)c1ccnc2ccc(OC)cc12.C=CC1CN2CCC1CC2C(O)c1ccnc2ccc(OC)cc12. The van der Waals surface area contributed by atoms with Gasteiger partial charge in [-0.3, -0.25) is 68.6 Å². The van der Waals surface area contributed by atoms with Gasteiger partial charge in [0.25, 0.3) is 0 Å². The third kappa shape index (κ3) is 16.7. The van der Waals surface area contributed by atoms with E-state index in [1.165, 1.54) is 32.1 Å². The van der Waals surface area contributed by atoms with E-state index in [0.29, 0.717) is 59.2 Å². The van der Waals surface area contributed by atoms with Gasteiger partial charge < -0.3 is 28.8 Å². The third-order valence-corrected chi connectivity index (χ3v) is 28.3. The molecule has 15 saturated heterocycles. The number of fused-ring (bicyclic) bond motifs is 20. The number of aliphatic hydroxyl groups excluding tert-OH is 1. The van der Waals surface area contributed by atoms with Crippen LogP contribution in [-0.4, -0.2) is 209 Å². The molecule has 1 N–H and O–H groups in total. The van der Waals surface area contributed by atoms with Crippen LogP contribution >= 0.6 is 0 Å². The average Bonchev–Trinajstić information content (AvgIpc) is 0.782. The zero-order valence-electron chi connectivity index (χ0n) is 69.8. The molecule has 15 aliphatic heterocycles. The molecule has 120 heavy (non-hydrogen) atoms. The maximum atomic E-state index is 13.3. The molecule has 20 nitrogen and oxygen atoms in total. The lowest BCUT2D eigenvalue weighted by Gasteiger charge is -2.50. The van der Waals surface area contributed by atoms with Crippen molar-refractivity contribution in [3.8, 4) is 28.7 Å². The molecule has 21 unspecified atom stereocenters. The lowest BCUT2D eigenvalue weighted by Crippen LogP contribution is -2.55. The van der Waals surface area contributed by atoms with E-state index in [4.69, 9.17) is 23.7 Å². The molecule has 0 amide bonds. The van der Waals surface area contributed by atoms with Crippen LogP contribution in [0, 0.1) is 59.2 Å². The second-order valence-corrected chi connectivity index (χ2v) is 34.2. The molecule has 10 aromatic rings. The van der Waals surface area contributed by atoms with E-state index in [1.54, 1.807) is 66.5 Å². The molecule has 21 atom stereocenters. The summed E-state index contributed by atoms with van der Waals surface area (Å²) in [6.07, 6.45) is 29.2. The highest BCUT2D eigenvalue weighted by molar-refractivity contribution is 6.13. The second-order valence-electron chi connectivity index (χ2n) is 34.2. The fourth-order valence-electron chi connectivity index (χ4n) is 21.5. The summed E-state index contributed by atoms with van der Waals surface area (Å²) in [4.78, 5) is 86.8. The quantitative estimate of drug-likeness (QED) is 0.0554. The standard InChI is InChI=1S/C20H24N2O2.4C20H22N2O2/c5*1-3-13-12-22-9-7-14(13)10-19(22)20(23)16-6-8-21-18-5-4-15(24-2)11-17(16)18/h3-6,8,11,13-14,19-20,23H,1,7,9-10,12H2,2H3;4*3-6,8,11,13-14,19H,1,7,9-10,12H2,2H3. The number of pyridine rings is 5. The van der Waals surface area contributed by atoms with Crippen molar-refractivity contribution in [2.45, 2.75) is 101 Å². The summed E-state index contributed by atoms with van der Waals surface area (Å²) in [7, 11) is 8.22. The summed E-state index contributed by atoms with van der Waals surface area (Å²) in [6.45, 7) is 29.8. The van der Waals surface area contributed by atoms with Crippen LogP contribution < -0.4 is 23.7 Å². The Labute approximate surface area is 704 Å². The molecule has 0 spiro atoms. The van der Waals surface area contributed by atoms with Crippen LogP contribution in [0.4, 0.5) is 0 Å². The van der Waals surface area contributed by atoms with E-state index < -0.39 is 6.10 Å². The maximum Gasteiger partial charge on any atom is 0.180 e. The number of aromatic nitrogens is 5. The molecule has 0 saturated carbocycles. The Morgan fingerprint density at radius 1 is 0.333 bits per heavy atom. The van der Waals surface area contributed by atoms with Crippen LogP contribution in [0.1, 0.15) is 117 Å². The predicted molar refractivity (Wildman–Crippen MR) is 473 cm³/mol. The van der Waals surface area contributed by atoms with Gasteiger partial charge in [0.1, 0.15) is 28.7 Å². The Bertz CT molecular complexity index is 4980. The molecule has 20 heterocycles. The number of rotatable bonds is 20. The minimum absolute atomic E-state index is 0.0169. The Kier molecular flexibility index (Phi) is 25.4. The molecule has 25 rings (SSSR count). The van der Waals surface area contributed by atoms with Crippen molar-refractivity contribution in [2.75, 3.05) is 101 Å². The summed E-state index contributed by atoms with van der Waals surface area (Å²) in [5.74, 6) is 10.3. The number of methoxy groups -OCH3 is 5. The van der Waals surface area contributed by atoms with Crippen LogP contribution in [-0.2, 0) is 0 Å². The van der Waals surface area contributed by atoms with E-state index in [1.807, 2.05) is 121 Å². The molecule has 20 heteroatoms. The van der Waals surface area contributed by atoms with Crippen LogP contribution in [0.25, 0.3) is 54.5 Å². The van der Waals surface area contributed by atoms with E-state index in [-0.39, 0.29) is 53.3 Å². The van der Waals surface area contributed by atoms with Crippen molar-refractivity contribution in [1.29, 1.82) is 0 Å². The molecule has 15 aliphatic rings. The minimum atomic E-state index is -0.504. The zero-order valence-corrected chi connectivity index (χ0v) is 69.8. The molecule has 15 fully saturated rings. The maximum absolute atomic E-state index is 13.3. The van der Waals surface area contributed by atoms with Crippen molar-refractivity contribution in [3.05, 3.63) is 243 Å². The normalized spacial score (nSPS) is 29.0. The first-order valence-corrected chi connectivity index (χ1v) is 42.9. The third-order valence-electron chi connectivity index (χ3n) is 28.3. The van der Waals surface area contributed by atoms with Crippen molar-refractivity contribution >= 4 is 77.6 Å². The van der Waals surface area contributed by atoms with Gasteiger partial charge in [-0.25, -0.2) is 0 Å². The summed E-state index contributed by atoms with van der Waals surface area (Å²) in [5, 5.41) is 15.6. The molecule has 622 valence electrons. The molecule has 5 aromatic carbocycles. The number of piperidine rings is 15. The van der Waals surface area contributed by atoms with E-state index in [0.717, 1.165) is 209 Å². The number of aliphatic hydroxyl groups is 1. The number of ether oxygens (including phenoxy) is 5. The number of ketones is 4. The average molecular weight is 1610 g/mol. The Morgan fingerprint density at radius 3 is 0.800 bits per heavy atom. The van der Waals surface area contributed by atoms with Gasteiger partial charge in [-0.05, 0) is 283 Å².